The van der Waals surface area contributed by atoms with Crippen LogP contribution in [0.5, 0.6) is 11.6 Å². The number of anilines is 1. The third kappa shape index (κ3) is 3.49. The van der Waals surface area contributed by atoms with Crippen LogP contribution in [0.2, 0.25) is 0 Å². The summed E-state index contributed by atoms with van der Waals surface area (Å²) in [4.78, 5) is 23.9. The molecule has 0 N–H and O–H groups in total. The summed E-state index contributed by atoms with van der Waals surface area (Å²) < 4.78 is 12.9. The van der Waals surface area contributed by atoms with E-state index < -0.39 is 0 Å². The van der Waals surface area contributed by atoms with Gasteiger partial charge in [0.15, 0.2) is 5.75 Å². The fourth-order valence-electron chi connectivity index (χ4n) is 3.59. The van der Waals surface area contributed by atoms with Gasteiger partial charge in [0, 0.05) is 24.5 Å². The number of nitrogens with zero attached hydrogens (tertiary/aromatic N) is 5. The Morgan fingerprint density at radius 2 is 2.03 bits per heavy atom. The van der Waals surface area contributed by atoms with Gasteiger partial charge in [0.1, 0.15) is 0 Å². The van der Waals surface area contributed by atoms with E-state index in [0.717, 1.165) is 34.7 Å². The Kier molecular flexibility index (Phi) is 5.15. The van der Waals surface area contributed by atoms with Crippen LogP contribution in [0.25, 0.3) is 11.3 Å². The second kappa shape index (κ2) is 7.78. The number of amides is 1. The van der Waals surface area contributed by atoms with E-state index in [-0.39, 0.29) is 12.0 Å². The van der Waals surface area contributed by atoms with E-state index in [1.807, 2.05) is 46.0 Å². The molecule has 0 aliphatic carbocycles. The molecular weight excluding hydrogens is 382 g/mol. The third-order valence-corrected chi connectivity index (χ3v) is 4.98. The topological polar surface area (TPSA) is 82.4 Å². The van der Waals surface area contributed by atoms with Gasteiger partial charge >= 0.3 is 0 Å². The van der Waals surface area contributed by atoms with Crippen molar-refractivity contribution in [3.8, 4) is 22.9 Å². The summed E-state index contributed by atoms with van der Waals surface area (Å²) in [6.07, 6.45) is 5.29. The number of carbonyl (C=O) groups is 1. The molecule has 4 heterocycles. The lowest BCUT2D eigenvalue weighted by Crippen LogP contribution is -2.22. The predicted molar refractivity (Wildman–Crippen MR) is 113 cm³/mol. The number of pyridine rings is 2. The van der Waals surface area contributed by atoms with Crippen molar-refractivity contribution in [2.75, 3.05) is 12.0 Å². The number of methoxy groups -OCH3 is 1. The van der Waals surface area contributed by atoms with Crippen LogP contribution in [-0.4, -0.2) is 38.9 Å². The van der Waals surface area contributed by atoms with Crippen LogP contribution < -0.4 is 14.4 Å². The first-order chi connectivity index (χ1) is 14.4. The maximum atomic E-state index is 13.0. The number of hydrogen-bond acceptors (Lipinski definition) is 6. The fourth-order valence-corrected chi connectivity index (χ4v) is 3.59. The Morgan fingerprint density at radius 3 is 2.70 bits per heavy atom. The number of rotatable bonds is 6. The van der Waals surface area contributed by atoms with E-state index >= 15 is 0 Å². The van der Waals surface area contributed by atoms with Gasteiger partial charge in [-0.2, -0.15) is 5.10 Å². The average molecular weight is 407 g/mol. The van der Waals surface area contributed by atoms with Gasteiger partial charge in [-0.1, -0.05) is 0 Å². The monoisotopic (exact) mass is 407 g/mol. The standard InChI is InChI=1S/C22H25N5O3/c1-6-26-11-16(10-24-26)27-12-18-20(22(27)28)14(4)7-17(25-18)15-8-19(30-13(2)3)21(29-5)23-9-15/h7-11,13H,6,12H2,1-5H3. The number of aryl methyl sites for hydroxylation is 2. The van der Waals surface area contributed by atoms with Crippen LogP contribution in [0.4, 0.5) is 5.69 Å². The van der Waals surface area contributed by atoms with Gasteiger partial charge < -0.3 is 9.47 Å². The molecule has 0 spiro atoms. The summed E-state index contributed by atoms with van der Waals surface area (Å²) in [5.41, 5.74) is 4.62. The molecule has 8 heteroatoms. The zero-order valence-electron chi connectivity index (χ0n) is 17.8. The smallest absolute Gasteiger partial charge is 0.260 e. The molecule has 0 atom stereocenters. The molecule has 1 aliphatic rings. The second-order valence-corrected chi connectivity index (χ2v) is 7.49. The molecular formula is C22H25N5O3. The summed E-state index contributed by atoms with van der Waals surface area (Å²) in [7, 11) is 1.56. The van der Waals surface area contributed by atoms with Crippen molar-refractivity contribution in [3.63, 3.8) is 0 Å². The van der Waals surface area contributed by atoms with Gasteiger partial charge in [-0.25, -0.2) is 4.98 Å². The molecule has 3 aromatic rings. The van der Waals surface area contributed by atoms with Crippen molar-refractivity contribution in [1.82, 2.24) is 19.7 Å². The van der Waals surface area contributed by atoms with Crippen molar-refractivity contribution in [3.05, 3.63) is 47.5 Å². The first-order valence-corrected chi connectivity index (χ1v) is 9.97. The first-order valence-electron chi connectivity index (χ1n) is 9.97. The number of hydrogen-bond donors (Lipinski definition) is 0. The van der Waals surface area contributed by atoms with Gasteiger partial charge in [0.2, 0.25) is 0 Å². The van der Waals surface area contributed by atoms with Crippen LogP contribution in [0, 0.1) is 6.92 Å². The summed E-state index contributed by atoms with van der Waals surface area (Å²) >= 11 is 0. The second-order valence-electron chi connectivity index (χ2n) is 7.49. The largest absolute Gasteiger partial charge is 0.485 e. The molecule has 0 aromatic carbocycles. The number of ether oxygens (including phenoxy) is 2. The summed E-state index contributed by atoms with van der Waals surface area (Å²) in [5, 5.41) is 4.28. The zero-order valence-corrected chi connectivity index (χ0v) is 17.8. The minimum Gasteiger partial charge on any atom is -0.485 e. The number of aromatic nitrogens is 4. The lowest BCUT2D eigenvalue weighted by atomic mass is 10.0. The molecule has 8 nitrogen and oxygen atoms in total. The Balaban J connectivity index is 1.71. The molecule has 0 radical (unpaired) electrons. The molecule has 0 saturated carbocycles. The maximum absolute atomic E-state index is 13.0. The van der Waals surface area contributed by atoms with E-state index in [4.69, 9.17) is 14.5 Å². The quantitative estimate of drug-likeness (QED) is 0.621. The van der Waals surface area contributed by atoms with Crippen molar-refractivity contribution in [2.24, 2.45) is 0 Å². The van der Waals surface area contributed by atoms with Crippen molar-refractivity contribution in [1.29, 1.82) is 0 Å². The molecule has 156 valence electrons. The Hall–Kier alpha value is -3.42. The number of carbonyl (C=O) groups excluding carboxylic acids is 1. The molecule has 1 amide bonds. The highest BCUT2D eigenvalue weighted by atomic mass is 16.5. The van der Waals surface area contributed by atoms with Crippen LogP contribution >= 0.6 is 0 Å². The lowest BCUT2D eigenvalue weighted by molar-refractivity contribution is 0.0996. The Morgan fingerprint density at radius 1 is 1.23 bits per heavy atom. The van der Waals surface area contributed by atoms with Crippen molar-refractivity contribution in [2.45, 2.75) is 46.9 Å². The minimum absolute atomic E-state index is 0.0131. The minimum atomic E-state index is -0.0473. The average Bonchev–Trinajstić information content (AvgIpc) is 3.32. The first kappa shape index (κ1) is 19.9. The molecule has 0 bridgehead atoms. The summed E-state index contributed by atoms with van der Waals surface area (Å²) in [6.45, 7) is 9.01. The van der Waals surface area contributed by atoms with E-state index in [1.165, 1.54) is 0 Å². The fraction of sp³-hybridized carbons (Fsp3) is 0.364. The highest BCUT2D eigenvalue weighted by Gasteiger charge is 2.32. The van der Waals surface area contributed by atoms with Gasteiger partial charge in [-0.05, 0) is 45.4 Å². The van der Waals surface area contributed by atoms with Crippen LogP contribution in [0.3, 0.4) is 0 Å². The summed E-state index contributed by atoms with van der Waals surface area (Å²) in [5.74, 6) is 0.947. The van der Waals surface area contributed by atoms with Crippen molar-refractivity contribution >= 4 is 11.6 Å². The van der Waals surface area contributed by atoms with E-state index in [9.17, 15) is 4.79 Å². The van der Waals surface area contributed by atoms with Gasteiger partial charge in [0.25, 0.3) is 11.8 Å². The third-order valence-electron chi connectivity index (χ3n) is 4.98. The van der Waals surface area contributed by atoms with Crippen LogP contribution in [0.1, 0.15) is 42.4 Å². The molecule has 30 heavy (non-hydrogen) atoms. The molecule has 3 aromatic heterocycles. The van der Waals surface area contributed by atoms with E-state index in [1.54, 1.807) is 29.1 Å². The Labute approximate surface area is 175 Å². The zero-order chi connectivity index (χ0) is 21.4. The maximum Gasteiger partial charge on any atom is 0.260 e. The molecule has 0 fully saturated rings. The lowest BCUT2D eigenvalue weighted by Gasteiger charge is -2.14. The number of fused-ring (bicyclic) bond motifs is 1. The van der Waals surface area contributed by atoms with Gasteiger partial charge in [-0.15, -0.1) is 0 Å². The molecule has 1 aliphatic heterocycles. The molecule has 0 saturated heterocycles. The van der Waals surface area contributed by atoms with Crippen molar-refractivity contribution < 1.29 is 14.3 Å². The van der Waals surface area contributed by atoms with Gasteiger partial charge in [-0.3, -0.25) is 19.4 Å². The van der Waals surface area contributed by atoms with Gasteiger partial charge in [0.05, 0.1) is 48.6 Å². The molecule has 0 unspecified atom stereocenters. The summed E-state index contributed by atoms with van der Waals surface area (Å²) in [6, 6.07) is 3.79. The normalized spacial score (nSPS) is 13.1. The highest BCUT2D eigenvalue weighted by Crippen LogP contribution is 2.34. The molecule has 4 rings (SSSR count). The van der Waals surface area contributed by atoms with Crippen LogP contribution in [-0.2, 0) is 13.1 Å². The van der Waals surface area contributed by atoms with Crippen LogP contribution in [0.15, 0.2) is 30.7 Å². The van der Waals surface area contributed by atoms with E-state index in [0.29, 0.717) is 23.7 Å². The Bertz CT molecular complexity index is 1110. The highest BCUT2D eigenvalue weighted by molar-refractivity contribution is 6.10. The SMILES string of the molecule is CCn1cc(N2Cc3nc(-c4cnc(OC)c(OC(C)C)c4)cc(C)c3C2=O)cn1. The predicted octanol–water partition coefficient (Wildman–Crippen LogP) is 3.62. The van der Waals surface area contributed by atoms with E-state index in [2.05, 4.69) is 10.1 Å².